The maximum atomic E-state index is 9.56. The van der Waals surface area contributed by atoms with Gasteiger partial charge in [-0.3, -0.25) is 9.59 Å². The standard InChI is InChI=1S/C2H2O3S2.2Na/c3-1(6)5-2(4)7;;/h(H,3,6)(H,4,7);;/q;2*+1/p-2. The van der Waals surface area contributed by atoms with Gasteiger partial charge in [-0.15, -0.1) is 0 Å². The van der Waals surface area contributed by atoms with Crippen LogP contribution in [0.1, 0.15) is 0 Å². The molecule has 9 heavy (non-hydrogen) atoms. The van der Waals surface area contributed by atoms with Gasteiger partial charge in [0.1, 0.15) is 0 Å². The Kier molecular flexibility index (Phi) is 18.0. The molecule has 0 bridgehead atoms. The monoisotopic (exact) mass is 182 g/mol. The van der Waals surface area contributed by atoms with Gasteiger partial charge in [0.15, 0.2) is 10.6 Å². The first kappa shape index (κ1) is 16.9. The van der Waals surface area contributed by atoms with Crippen LogP contribution in [0.15, 0.2) is 0 Å². The Hall–Kier alpha value is 1.58. The molecule has 0 aromatic carbocycles. The molecule has 0 heterocycles. The third-order valence-corrected chi connectivity index (χ3v) is 0.333. The number of carbonyl (C=O) groups excluding carboxylic acids is 2. The molecule has 0 saturated carbocycles. The normalized spacial score (nSPS) is 5.78. The smallest absolute Gasteiger partial charge is 0.697 e. The second-order valence-electron chi connectivity index (χ2n) is 0.602. The minimum absolute atomic E-state index is 0. The van der Waals surface area contributed by atoms with Gasteiger partial charge < -0.3 is 30.0 Å². The fourth-order valence-corrected chi connectivity index (χ4v) is 0.272. The zero-order valence-corrected chi connectivity index (χ0v) is 10.7. The second-order valence-corrected chi connectivity index (χ2v) is 1.27. The van der Waals surface area contributed by atoms with E-state index < -0.39 is 10.6 Å². The van der Waals surface area contributed by atoms with Crippen molar-refractivity contribution in [3.63, 3.8) is 0 Å². The fraction of sp³-hybridized carbons (Fsp3) is 0. The van der Waals surface area contributed by atoms with E-state index >= 15 is 0 Å². The molecule has 0 saturated heterocycles. The Bertz CT molecular complexity index is 94.0. The van der Waals surface area contributed by atoms with E-state index in [0.29, 0.717) is 0 Å². The predicted molar refractivity (Wildman–Crippen MR) is 26.6 cm³/mol. The molecule has 0 aromatic rings. The van der Waals surface area contributed by atoms with Crippen molar-refractivity contribution >= 4 is 35.9 Å². The van der Waals surface area contributed by atoms with Gasteiger partial charge in [-0.25, -0.2) is 0 Å². The van der Waals surface area contributed by atoms with Gasteiger partial charge >= 0.3 is 59.1 Å². The quantitative estimate of drug-likeness (QED) is 0.162. The Morgan fingerprint density at radius 3 is 1.22 bits per heavy atom. The van der Waals surface area contributed by atoms with Crippen LogP contribution in [0.4, 0.5) is 9.59 Å². The van der Waals surface area contributed by atoms with Crippen molar-refractivity contribution in [1.82, 2.24) is 0 Å². The van der Waals surface area contributed by atoms with E-state index in [1.54, 1.807) is 0 Å². The first-order valence-corrected chi connectivity index (χ1v) is 2.04. The zero-order chi connectivity index (χ0) is 5.86. The summed E-state index contributed by atoms with van der Waals surface area (Å²) in [5, 5.41) is -2.17. The van der Waals surface area contributed by atoms with E-state index in [1.165, 1.54) is 0 Å². The van der Waals surface area contributed by atoms with Crippen molar-refractivity contribution in [1.29, 1.82) is 0 Å². The van der Waals surface area contributed by atoms with Crippen molar-refractivity contribution in [3.8, 4) is 0 Å². The SMILES string of the molecule is O=C([S-])OC(=O)[S-].[Na+].[Na+]. The van der Waals surface area contributed by atoms with Crippen molar-refractivity contribution in [3.05, 3.63) is 0 Å². The molecule has 0 aromatic heterocycles. The van der Waals surface area contributed by atoms with Gasteiger partial charge in [-0.05, 0) is 0 Å². The van der Waals surface area contributed by atoms with E-state index in [1.807, 2.05) is 0 Å². The van der Waals surface area contributed by atoms with Gasteiger partial charge in [0.25, 0.3) is 0 Å². The van der Waals surface area contributed by atoms with E-state index in [9.17, 15) is 9.59 Å². The average molecular weight is 182 g/mol. The maximum Gasteiger partial charge on any atom is 1.00 e. The van der Waals surface area contributed by atoms with Crippen LogP contribution in [-0.2, 0) is 30.0 Å². The molecule has 0 aliphatic carbocycles. The summed E-state index contributed by atoms with van der Waals surface area (Å²) < 4.78 is 3.60. The molecule has 0 atom stereocenters. The van der Waals surface area contributed by atoms with E-state index in [4.69, 9.17) is 0 Å². The van der Waals surface area contributed by atoms with Crippen molar-refractivity contribution in [2.24, 2.45) is 0 Å². The van der Waals surface area contributed by atoms with Crippen LogP contribution < -0.4 is 59.1 Å². The molecule has 40 valence electrons. The Morgan fingerprint density at radius 2 is 1.22 bits per heavy atom. The van der Waals surface area contributed by atoms with Crippen LogP contribution in [0.25, 0.3) is 0 Å². The van der Waals surface area contributed by atoms with Crippen LogP contribution in [0.2, 0.25) is 0 Å². The molecule has 7 heteroatoms. The first-order chi connectivity index (χ1) is 3.13. The van der Waals surface area contributed by atoms with E-state index in [-0.39, 0.29) is 59.1 Å². The molecule has 0 N–H and O–H groups in total. The summed E-state index contributed by atoms with van der Waals surface area (Å²) in [6.07, 6.45) is 0. The van der Waals surface area contributed by atoms with Crippen LogP contribution in [0, 0.1) is 0 Å². The Labute approximate surface area is 108 Å². The third-order valence-electron chi connectivity index (χ3n) is 0.167. The predicted octanol–water partition coefficient (Wildman–Crippen LogP) is -5.66. The van der Waals surface area contributed by atoms with Crippen molar-refractivity contribution in [2.75, 3.05) is 0 Å². The summed E-state index contributed by atoms with van der Waals surface area (Å²) >= 11 is 7.61. The van der Waals surface area contributed by atoms with Crippen molar-refractivity contribution in [2.45, 2.75) is 0 Å². The molecule has 0 rings (SSSR count). The van der Waals surface area contributed by atoms with Crippen LogP contribution in [-0.4, -0.2) is 10.6 Å². The summed E-state index contributed by atoms with van der Waals surface area (Å²) in [4.78, 5) is 19.1. The summed E-state index contributed by atoms with van der Waals surface area (Å²) in [5.41, 5.74) is 0. The third kappa shape index (κ3) is 17.7. The first-order valence-electron chi connectivity index (χ1n) is 1.22. The minimum Gasteiger partial charge on any atom is -0.697 e. The van der Waals surface area contributed by atoms with Crippen LogP contribution in [0.3, 0.4) is 0 Å². The molecule has 0 unspecified atom stereocenters. The summed E-state index contributed by atoms with van der Waals surface area (Å²) in [7, 11) is 0. The van der Waals surface area contributed by atoms with Gasteiger partial charge in [0, 0.05) is 0 Å². The number of rotatable bonds is 0. The Balaban J connectivity index is -0.000000180. The average Bonchev–Trinajstić information content (AvgIpc) is 1.27. The number of hydrogen-bond acceptors (Lipinski definition) is 5. The molecule has 0 radical (unpaired) electrons. The molecule has 0 fully saturated rings. The molecule has 0 aliphatic heterocycles. The fourth-order valence-electron chi connectivity index (χ4n) is 0.0680. The summed E-state index contributed by atoms with van der Waals surface area (Å²) in [6.45, 7) is 0. The van der Waals surface area contributed by atoms with Gasteiger partial charge in [-0.1, -0.05) is 0 Å². The minimum atomic E-state index is -1.08. The maximum absolute atomic E-state index is 9.56. The van der Waals surface area contributed by atoms with E-state index in [2.05, 4.69) is 30.0 Å². The molecule has 0 aliphatic rings. The molecule has 0 amide bonds. The topological polar surface area (TPSA) is 43.4 Å². The number of hydrogen-bond donors (Lipinski definition) is 0. The number of ether oxygens (including phenoxy) is 1. The van der Waals surface area contributed by atoms with Crippen LogP contribution >= 0.6 is 0 Å². The Morgan fingerprint density at radius 1 is 1.00 bits per heavy atom. The van der Waals surface area contributed by atoms with Gasteiger partial charge in [0.05, 0.1) is 0 Å². The largest absolute Gasteiger partial charge is 1.00 e. The molecular weight excluding hydrogens is 182 g/mol. The van der Waals surface area contributed by atoms with Crippen LogP contribution in [0.5, 0.6) is 0 Å². The molecule has 3 nitrogen and oxygen atoms in total. The zero-order valence-electron chi connectivity index (χ0n) is 5.04. The van der Waals surface area contributed by atoms with E-state index in [0.717, 1.165) is 0 Å². The molecule has 0 spiro atoms. The summed E-state index contributed by atoms with van der Waals surface area (Å²) in [6, 6.07) is 0. The van der Waals surface area contributed by atoms with Crippen molar-refractivity contribution < 1.29 is 73.4 Å². The second kappa shape index (κ2) is 9.58. The summed E-state index contributed by atoms with van der Waals surface area (Å²) in [5.74, 6) is 0. The number of carbonyl (C=O) groups is 2. The molecular formula is C2Na2O3S2. The van der Waals surface area contributed by atoms with Gasteiger partial charge in [0.2, 0.25) is 0 Å². The van der Waals surface area contributed by atoms with Gasteiger partial charge in [-0.2, -0.15) is 0 Å².